The molecule has 37 heavy (non-hydrogen) atoms. The van der Waals surface area contributed by atoms with Crippen molar-refractivity contribution >= 4 is 24.0 Å². The molecule has 2 amide bonds. The molecule has 2 bridgehead atoms. The number of benzene rings is 1. The van der Waals surface area contributed by atoms with E-state index < -0.39 is 23.9 Å². The molecular formula is C29H30N4O4. The summed E-state index contributed by atoms with van der Waals surface area (Å²) in [7, 11) is 0. The number of hydrogen-bond donors (Lipinski definition) is 2. The Morgan fingerprint density at radius 2 is 1.84 bits per heavy atom. The quantitative estimate of drug-likeness (QED) is 0.521. The predicted molar refractivity (Wildman–Crippen MR) is 140 cm³/mol. The summed E-state index contributed by atoms with van der Waals surface area (Å²) in [5, 5.41) is 13.4. The van der Waals surface area contributed by atoms with Crippen molar-refractivity contribution in [3.8, 4) is 0 Å². The second kappa shape index (κ2) is 10.5. The van der Waals surface area contributed by atoms with Crippen molar-refractivity contribution in [1.82, 2.24) is 19.8 Å². The van der Waals surface area contributed by atoms with Crippen molar-refractivity contribution in [3.63, 3.8) is 0 Å². The summed E-state index contributed by atoms with van der Waals surface area (Å²) in [5.74, 6) is -1.63. The summed E-state index contributed by atoms with van der Waals surface area (Å²) < 4.78 is 1.67. The fourth-order valence-electron chi connectivity index (χ4n) is 5.59. The zero-order valence-corrected chi connectivity index (χ0v) is 20.7. The first-order valence-corrected chi connectivity index (χ1v) is 12.6. The van der Waals surface area contributed by atoms with Crippen LogP contribution in [0, 0.1) is 11.8 Å². The van der Waals surface area contributed by atoms with E-state index in [-0.39, 0.29) is 30.5 Å². The first-order chi connectivity index (χ1) is 18.0. The highest BCUT2D eigenvalue weighted by Gasteiger charge is 2.57. The topological polar surface area (TPSA) is 105 Å². The van der Waals surface area contributed by atoms with E-state index in [1.165, 1.54) is 0 Å². The molecule has 2 aliphatic heterocycles. The first-order valence-electron chi connectivity index (χ1n) is 12.6. The van der Waals surface area contributed by atoms with Gasteiger partial charge in [-0.05, 0) is 42.3 Å². The highest BCUT2D eigenvalue weighted by molar-refractivity contribution is 5.96. The maximum Gasteiger partial charge on any atom is 0.258 e. The van der Waals surface area contributed by atoms with Gasteiger partial charge in [-0.3, -0.25) is 19.4 Å². The molecule has 4 heterocycles. The standard InChI is InChI=1S/C29H30N4O4/c1-2-14-31-27(35)25-22(18-34)24-17-32-23(26(25)33(24)29(37)21-12-15-30-16-13-21)11-10-20(28(32)36)9-8-19-6-4-3-5-7-19/h3-13,15-16,22,24-26,34H,2,14,17-18H2,1H3,(H,31,35)/t22-,24-,25+,26+/m0/s1. The molecule has 0 unspecified atom stereocenters. The van der Waals surface area contributed by atoms with E-state index in [0.29, 0.717) is 23.4 Å². The third-order valence-corrected chi connectivity index (χ3v) is 7.34. The summed E-state index contributed by atoms with van der Waals surface area (Å²) in [6, 6.07) is 15.4. The van der Waals surface area contributed by atoms with Crippen LogP contribution in [0.25, 0.3) is 12.2 Å². The monoisotopic (exact) mass is 498 g/mol. The summed E-state index contributed by atoms with van der Waals surface area (Å²) in [6.07, 6.45) is 7.55. The van der Waals surface area contributed by atoms with Crippen molar-refractivity contribution in [1.29, 1.82) is 0 Å². The molecule has 0 saturated carbocycles. The maximum absolute atomic E-state index is 13.7. The Balaban J connectivity index is 1.59. The van der Waals surface area contributed by atoms with E-state index in [1.807, 2.05) is 49.4 Å². The van der Waals surface area contributed by atoms with Gasteiger partial charge in [0.1, 0.15) is 0 Å². The zero-order valence-electron chi connectivity index (χ0n) is 20.7. The van der Waals surface area contributed by atoms with Crippen LogP contribution in [0.3, 0.4) is 0 Å². The number of aromatic nitrogens is 2. The number of nitrogens with one attached hydrogen (secondary N) is 1. The lowest BCUT2D eigenvalue weighted by atomic mass is 9.86. The van der Waals surface area contributed by atoms with Crippen LogP contribution >= 0.6 is 0 Å². The largest absolute Gasteiger partial charge is 0.396 e. The highest BCUT2D eigenvalue weighted by atomic mass is 16.3. The van der Waals surface area contributed by atoms with Gasteiger partial charge in [-0.2, -0.15) is 0 Å². The smallest absolute Gasteiger partial charge is 0.258 e. The molecule has 1 saturated heterocycles. The molecule has 190 valence electrons. The van der Waals surface area contributed by atoms with Gasteiger partial charge in [0.05, 0.1) is 18.0 Å². The molecule has 2 aromatic heterocycles. The second-order valence-electron chi connectivity index (χ2n) is 9.50. The maximum atomic E-state index is 13.7. The molecule has 8 nitrogen and oxygen atoms in total. The summed E-state index contributed by atoms with van der Waals surface area (Å²) in [6.45, 7) is 2.40. The van der Waals surface area contributed by atoms with Crippen molar-refractivity contribution in [2.24, 2.45) is 11.8 Å². The van der Waals surface area contributed by atoms with Gasteiger partial charge >= 0.3 is 0 Å². The minimum absolute atomic E-state index is 0.179. The molecule has 0 radical (unpaired) electrons. The van der Waals surface area contributed by atoms with Crippen LogP contribution in [0.15, 0.2) is 71.8 Å². The average molecular weight is 499 g/mol. The minimum Gasteiger partial charge on any atom is -0.396 e. The second-order valence-corrected chi connectivity index (χ2v) is 9.50. The van der Waals surface area contributed by atoms with E-state index >= 15 is 0 Å². The van der Waals surface area contributed by atoms with Crippen LogP contribution in [0.1, 0.15) is 46.6 Å². The molecule has 1 fully saturated rings. The molecule has 0 aliphatic carbocycles. The Morgan fingerprint density at radius 1 is 1.08 bits per heavy atom. The lowest BCUT2D eigenvalue weighted by molar-refractivity contribution is -0.127. The Hall–Kier alpha value is -4.04. The third kappa shape index (κ3) is 4.49. The number of nitrogens with zero attached hydrogens (tertiary/aromatic N) is 3. The van der Waals surface area contributed by atoms with Crippen molar-refractivity contribution in [2.75, 3.05) is 13.2 Å². The van der Waals surface area contributed by atoms with E-state index in [2.05, 4.69) is 10.3 Å². The number of rotatable bonds is 7. The molecule has 0 spiro atoms. The Bertz CT molecular complexity index is 1370. The van der Waals surface area contributed by atoms with Gasteiger partial charge in [0.15, 0.2) is 0 Å². The van der Waals surface area contributed by atoms with Crippen LogP contribution < -0.4 is 10.9 Å². The van der Waals surface area contributed by atoms with Crippen LogP contribution in [0.5, 0.6) is 0 Å². The SMILES string of the molecule is CCCNC(=O)[C@@H]1[C@@H](CO)[C@@H]2Cn3c(ccc(C=Cc4ccccc4)c3=O)[C@H]1N2C(=O)c1ccncc1. The van der Waals surface area contributed by atoms with Gasteiger partial charge in [0.25, 0.3) is 11.5 Å². The van der Waals surface area contributed by atoms with Gasteiger partial charge in [-0.1, -0.05) is 43.3 Å². The first kappa shape index (κ1) is 24.6. The third-order valence-electron chi connectivity index (χ3n) is 7.34. The highest BCUT2D eigenvalue weighted by Crippen LogP contribution is 2.48. The molecular weight excluding hydrogens is 468 g/mol. The molecule has 8 heteroatoms. The molecule has 5 rings (SSSR count). The van der Waals surface area contributed by atoms with Crippen LogP contribution in [0.4, 0.5) is 0 Å². The van der Waals surface area contributed by atoms with E-state index in [1.54, 1.807) is 46.1 Å². The van der Waals surface area contributed by atoms with Gasteiger partial charge in [0.2, 0.25) is 5.91 Å². The molecule has 1 aromatic carbocycles. The molecule has 3 aromatic rings. The van der Waals surface area contributed by atoms with E-state index in [4.69, 9.17) is 0 Å². The zero-order chi connectivity index (χ0) is 25.9. The van der Waals surface area contributed by atoms with Gasteiger partial charge in [-0.25, -0.2) is 0 Å². The molecule has 2 aliphatic rings. The van der Waals surface area contributed by atoms with Crippen LogP contribution in [0.2, 0.25) is 0 Å². The summed E-state index contributed by atoms with van der Waals surface area (Å²) >= 11 is 0. The average Bonchev–Trinajstić information content (AvgIpc) is 3.18. The van der Waals surface area contributed by atoms with Crippen molar-refractivity contribution in [2.45, 2.75) is 32.0 Å². The van der Waals surface area contributed by atoms with E-state index in [0.717, 1.165) is 12.0 Å². The number of pyridine rings is 2. The molecule has 4 atom stereocenters. The predicted octanol–water partition coefficient (Wildman–Crippen LogP) is 2.74. The summed E-state index contributed by atoms with van der Waals surface area (Å²) in [5.41, 5.74) is 2.38. The van der Waals surface area contributed by atoms with E-state index in [9.17, 15) is 19.5 Å². The lowest BCUT2D eigenvalue weighted by Gasteiger charge is -2.38. The normalized spacial score (nSPS) is 22.2. The number of fused-ring (bicyclic) bond motifs is 4. The number of carbonyl (C=O) groups excluding carboxylic acids is 2. The Labute approximate surface area is 215 Å². The Kier molecular flexibility index (Phi) is 7.01. The number of hydrogen-bond acceptors (Lipinski definition) is 5. The molecule has 2 N–H and O–H groups in total. The fraction of sp³-hybridized carbons (Fsp3) is 0.310. The minimum atomic E-state index is -0.675. The van der Waals surface area contributed by atoms with Crippen molar-refractivity contribution in [3.05, 3.63) is 99.7 Å². The number of aliphatic hydroxyl groups is 1. The fourth-order valence-corrected chi connectivity index (χ4v) is 5.59. The summed E-state index contributed by atoms with van der Waals surface area (Å²) in [4.78, 5) is 46.4. The van der Waals surface area contributed by atoms with Crippen molar-refractivity contribution < 1.29 is 14.7 Å². The van der Waals surface area contributed by atoms with Gasteiger partial charge in [0, 0.05) is 54.8 Å². The Morgan fingerprint density at radius 3 is 2.54 bits per heavy atom. The van der Waals surface area contributed by atoms with Gasteiger partial charge in [-0.15, -0.1) is 0 Å². The number of aliphatic hydroxyl groups excluding tert-OH is 1. The lowest BCUT2D eigenvalue weighted by Crippen LogP contribution is -2.49. The van der Waals surface area contributed by atoms with Crippen LogP contribution in [-0.2, 0) is 11.3 Å². The van der Waals surface area contributed by atoms with Gasteiger partial charge < -0.3 is 19.9 Å². The number of amides is 2. The number of carbonyl (C=O) groups is 2. The van der Waals surface area contributed by atoms with Crippen LogP contribution in [-0.4, -0.2) is 50.6 Å².